The van der Waals surface area contributed by atoms with Crippen molar-refractivity contribution in [3.63, 3.8) is 0 Å². The number of benzene rings is 2. The van der Waals surface area contributed by atoms with Crippen molar-refractivity contribution in [3.05, 3.63) is 54.6 Å². The molecule has 0 aliphatic carbocycles. The molecule has 0 radical (unpaired) electrons. The van der Waals surface area contributed by atoms with E-state index in [1.807, 2.05) is 36.4 Å². The molecule has 1 saturated heterocycles. The minimum absolute atomic E-state index is 0.102. The van der Waals surface area contributed by atoms with E-state index in [4.69, 9.17) is 0 Å². The molecule has 1 fully saturated rings. The average Bonchev–Trinajstić information content (AvgIpc) is 2.60. The lowest BCUT2D eigenvalue weighted by atomic mass is 10.3. The third-order valence-corrected chi connectivity index (χ3v) is 5.44. The van der Waals surface area contributed by atoms with Gasteiger partial charge in [0, 0.05) is 9.79 Å². The molecule has 1 amide bonds. The van der Waals surface area contributed by atoms with Crippen LogP contribution in [0.2, 0.25) is 0 Å². The Hall–Kier alpha value is -1.82. The standard InChI is InChI=1S/C19H23N3OS/c1-21-11-13-22(14-12-21)15-19(23)20-17-9-5-6-10-18(17)24-16-7-3-2-4-8-16/h2-10H,11-15H2,1H3,(H,20,23)/p+2. The van der Waals surface area contributed by atoms with Crippen LogP contribution in [0.1, 0.15) is 0 Å². The van der Waals surface area contributed by atoms with Crippen molar-refractivity contribution in [2.24, 2.45) is 0 Å². The maximum atomic E-state index is 12.4. The molecule has 1 heterocycles. The van der Waals surface area contributed by atoms with Crippen LogP contribution in [0.5, 0.6) is 0 Å². The van der Waals surface area contributed by atoms with Gasteiger partial charge in [-0.15, -0.1) is 0 Å². The second-order valence-corrected chi connectivity index (χ2v) is 7.46. The van der Waals surface area contributed by atoms with Crippen LogP contribution >= 0.6 is 11.8 Å². The van der Waals surface area contributed by atoms with E-state index in [1.54, 1.807) is 16.7 Å². The predicted octanol–water partition coefficient (Wildman–Crippen LogP) is 0.190. The summed E-state index contributed by atoms with van der Waals surface area (Å²) in [5, 5.41) is 3.10. The first-order valence-electron chi connectivity index (χ1n) is 8.47. The minimum atomic E-state index is 0.102. The van der Waals surface area contributed by atoms with Crippen molar-refractivity contribution in [1.29, 1.82) is 0 Å². The Morgan fingerprint density at radius 1 is 1.00 bits per heavy atom. The van der Waals surface area contributed by atoms with Crippen LogP contribution < -0.4 is 15.1 Å². The summed E-state index contributed by atoms with van der Waals surface area (Å²) in [5.41, 5.74) is 0.899. The van der Waals surface area contributed by atoms with Crippen LogP contribution in [0.3, 0.4) is 0 Å². The topological polar surface area (TPSA) is 38.0 Å². The van der Waals surface area contributed by atoms with Gasteiger partial charge in [-0.3, -0.25) is 4.79 Å². The molecule has 5 heteroatoms. The fourth-order valence-electron chi connectivity index (χ4n) is 2.90. The highest BCUT2D eigenvalue weighted by atomic mass is 32.2. The zero-order valence-electron chi connectivity index (χ0n) is 14.0. The van der Waals surface area contributed by atoms with E-state index in [0.29, 0.717) is 6.54 Å². The molecule has 24 heavy (non-hydrogen) atoms. The van der Waals surface area contributed by atoms with Gasteiger partial charge in [0.1, 0.15) is 26.2 Å². The molecule has 4 nitrogen and oxygen atoms in total. The van der Waals surface area contributed by atoms with Crippen LogP contribution in [0.15, 0.2) is 64.4 Å². The number of anilines is 1. The van der Waals surface area contributed by atoms with E-state index in [-0.39, 0.29) is 5.91 Å². The molecule has 3 rings (SSSR count). The number of rotatable bonds is 5. The Balaban J connectivity index is 1.61. The molecule has 0 aromatic heterocycles. The lowest BCUT2D eigenvalue weighted by molar-refractivity contribution is -0.999. The van der Waals surface area contributed by atoms with Crippen LogP contribution in [-0.4, -0.2) is 45.7 Å². The summed E-state index contributed by atoms with van der Waals surface area (Å²) in [6, 6.07) is 18.3. The Bertz CT molecular complexity index is 669. The highest BCUT2D eigenvalue weighted by Crippen LogP contribution is 2.32. The number of carbonyl (C=O) groups excluding carboxylic acids is 1. The van der Waals surface area contributed by atoms with Gasteiger partial charge in [0.2, 0.25) is 0 Å². The first kappa shape index (κ1) is 17.0. The van der Waals surface area contributed by atoms with Gasteiger partial charge in [0.15, 0.2) is 6.54 Å². The van der Waals surface area contributed by atoms with E-state index in [1.165, 1.54) is 9.80 Å². The van der Waals surface area contributed by atoms with E-state index in [9.17, 15) is 4.79 Å². The summed E-state index contributed by atoms with van der Waals surface area (Å²) in [6.07, 6.45) is 0. The summed E-state index contributed by atoms with van der Waals surface area (Å²) < 4.78 is 0. The van der Waals surface area contributed by atoms with E-state index < -0.39 is 0 Å². The summed E-state index contributed by atoms with van der Waals surface area (Å²) in [4.78, 5) is 17.6. The quantitative estimate of drug-likeness (QED) is 0.725. The number of para-hydroxylation sites is 1. The summed E-state index contributed by atoms with van der Waals surface area (Å²) in [6.45, 7) is 4.98. The molecular weight excluding hydrogens is 318 g/mol. The van der Waals surface area contributed by atoms with Gasteiger partial charge in [-0.25, -0.2) is 0 Å². The van der Waals surface area contributed by atoms with Crippen LogP contribution in [0, 0.1) is 0 Å². The number of piperazine rings is 1. The van der Waals surface area contributed by atoms with Gasteiger partial charge in [-0.1, -0.05) is 42.1 Å². The third kappa shape index (κ3) is 4.84. The number of hydrogen-bond donors (Lipinski definition) is 3. The van der Waals surface area contributed by atoms with E-state index in [2.05, 4.69) is 30.6 Å². The minimum Gasteiger partial charge on any atom is -0.328 e. The Morgan fingerprint density at radius 2 is 1.67 bits per heavy atom. The molecule has 1 aliphatic rings. The molecule has 0 saturated carbocycles. The van der Waals surface area contributed by atoms with Crippen molar-refractivity contribution in [2.45, 2.75) is 9.79 Å². The lowest BCUT2D eigenvalue weighted by Crippen LogP contribution is -3.27. The number of quaternary nitrogens is 2. The number of nitrogens with one attached hydrogen (secondary N) is 3. The van der Waals surface area contributed by atoms with Gasteiger partial charge in [0.05, 0.1) is 12.7 Å². The van der Waals surface area contributed by atoms with Crippen molar-refractivity contribution in [1.82, 2.24) is 0 Å². The van der Waals surface area contributed by atoms with Crippen molar-refractivity contribution >= 4 is 23.4 Å². The van der Waals surface area contributed by atoms with E-state index in [0.717, 1.165) is 36.8 Å². The van der Waals surface area contributed by atoms with Gasteiger partial charge in [-0.05, 0) is 24.3 Å². The highest BCUT2D eigenvalue weighted by molar-refractivity contribution is 7.99. The van der Waals surface area contributed by atoms with E-state index >= 15 is 0 Å². The average molecular weight is 343 g/mol. The molecule has 2 aromatic rings. The highest BCUT2D eigenvalue weighted by Gasteiger charge is 2.22. The van der Waals surface area contributed by atoms with Crippen LogP contribution in [-0.2, 0) is 4.79 Å². The molecule has 126 valence electrons. The molecule has 0 bridgehead atoms. The molecule has 0 atom stereocenters. The smallest absolute Gasteiger partial charge is 0.279 e. The van der Waals surface area contributed by atoms with Crippen molar-refractivity contribution in [3.8, 4) is 0 Å². The van der Waals surface area contributed by atoms with Gasteiger partial charge in [-0.2, -0.15) is 0 Å². The van der Waals surface area contributed by atoms with Crippen molar-refractivity contribution in [2.75, 3.05) is 45.1 Å². The Morgan fingerprint density at radius 3 is 2.42 bits per heavy atom. The van der Waals surface area contributed by atoms with Crippen LogP contribution in [0.25, 0.3) is 0 Å². The molecule has 0 spiro atoms. The number of likely N-dealkylation sites (N-methyl/N-ethyl adjacent to an activating group) is 1. The molecule has 2 aromatic carbocycles. The monoisotopic (exact) mass is 343 g/mol. The normalized spacial score (nSPS) is 20.5. The Kier molecular flexibility index (Phi) is 5.91. The van der Waals surface area contributed by atoms with Crippen molar-refractivity contribution < 1.29 is 14.6 Å². The summed E-state index contributed by atoms with van der Waals surface area (Å²) >= 11 is 1.68. The first-order chi connectivity index (χ1) is 11.7. The van der Waals surface area contributed by atoms with Gasteiger partial charge < -0.3 is 15.1 Å². The number of carbonyl (C=O) groups is 1. The summed E-state index contributed by atoms with van der Waals surface area (Å²) in [5.74, 6) is 0.102. The van der Waals surface area contributed by atoms with Gasteiger partial charge >= 0.3 is 0 Å². The Labute approximate surface area is 147 Å². The molecule has 0 unspecified atom stereocenters. The summed E-state index contributed by atoms with van der Waals surface area (Å²) in [7, 11) is 2.22. The largest absolute Gasteiger partial charge is 0.328 e. The first-order valence-corrected chi connectivity index (χ1v) is 9.29. The molecule has 1 aliphatic heterocycles. The third-order valence-electron chi connectivity index (χ3n) is 4.35. The zero-order chi connectivity index (χ0) is 16.8. The maximum Gasteiger partial charge on any atom is 0.279 e. The number of amides is 1. The fraction of sp³-hybridized carbons (Fsp3) is 0.316. The SMILES string of the molecule is C[NH+]1CC[NH+](CC(=O)Nc2ccccc2Sc2ccccc2)CC1. The lowest BCUT2D eigenvalue weighted by Gasteiger charge is -2.26. The second-order valence-electron chi connectivity index (χ2n) is 6.34. The zero-order valence-corrected chi connectivity index (χ0v) is 14.9. The maximum absolute atomic E-state index is 12.4. The fourth-order valence-corrected chi connectivity index (χ4v) is 3.83. The van der Waals surface area contributed by atoms with Crippen LogP contribution in [0.4, 0.5) is 5.69 Å². The van der Waals surface area contributed by atoms with Gasteiger partial charge in [0.25, 0.3) is 5.91 Å². The molecule has 3 N–H and O–H groups in total. The second kappa shape index (κ2) is 8.33. The molecular formula is C19H25N3OS+2. The number of hydrogen-bond acceptors (Lipinski definition) is 2. The predicted molar refractivity (Wildman–Crippen MR) is 97.8 cm³/mol.